The molecule has 27 heavy (non-hydrogen) atoms. The van der Waals surface area contributed by atoms with E-state index in [4.69, 9.17) is 9.84 Å². The van der Waals surface area contributed by atoms with E-state index in [0.29, 0.717) is 25.3 Å². The van der Waals surface area contributed by atoms with Gasteiger partial charge in [0.25, 0.3) is 0 Å². The minimum absolute atomic E-state index is 0.0167. The Morgan fingerprint density at radius 2 is 2.15 bits per heavy atom. The van der Waals surface area contributed by atoms with Gasteiger partial charge in [0.05, 0.1) is 11.8 Å². The van der Waals surface area contributed by atoms with Gasteiger partial charge in [-0.3, -0.25) is 9.88 Å². The maximum Gasteiger partial charge on any atom is 0.341 e. The van der Waals surface area contributed by atoms with Crippen LogP contribution in [0.15, 0.2) is 42.6 Å². The molecule has 0 spiro atoms. The number of benzene rings is 1. The highest BCUT2D eigenvalue weighted by Gasteiger charge is 2.27. The van der Waals surface area contributed by atoms with E-state index >= 15 is 0 Å². The fraction of sp³-hybridized carbons (Fsp3) is 0.400. The molecular formula is C20H24N2O5. The zero-order valence-electron chi connectivity index (χ0n) is 15.0. The number of aliphatic carboxylic acids is 1. The first-order valence-electron chi connectivity index (χ1n) is 8.97. The molecule has 2 aromatic rings. The number of aromatic nitrogens is 1. The molecule has 1 aromatic heterocycles. The molecule has 0 unspecified atom stereocenters. The van der Waals surface area contributed by atoms with Crippen LogP contribution in [0.1, 0.15) is 12.0 Å². The van der Waals surface area contributed by atoms with Gasteiger partial charge in [-0.15, -0.1) is 0 Å². The Balaban J connectivity index is 1.82. The van der Waals surface area contributed by atoms with Crippen molar-refractivity contribution in [2.45, 2.75) is 19.1 Å². The van der Waals surface area contributed by atoms with Crippen LogP contribution in [-0.4, -0.2) is 63.6 Å². The molecule has 7 nitrogen and oxygen atoms in total. The Hall–Kier alpha value is -2.48. The van der Waals surface area contributed by atoms with Gasteiger partial charge in [-0.05, 0) is 43.3 Å². The minimum atomic E-state index is -1.03. The average Bonchev–Trinajstić information content (AvgIpc) is 2.68. The number of hydrogen-bond donors (Lipinski definition) is 3. The highest BCUT2D eigenvalue weighted by Crippen LogP contribution is 2.28. The van der Waals surface area contributed by atoms with Gasteiger partial charge in [0.1, 0.15) is 5.75 Å². The van der Waals surface area contributed by atoms with Gasteiger partial charge in [-0.2, -0.15) is 0 Å². The normalized spacial score (nSPS) is 20.4. The quantitative estimate of drug-likeness (QED) is 0.675. The lowest BCUT2D eigenvalue weighted by atomic mass is 9.94. The van der Waals surface area contributed by atoms with Crippen molar-refractivity contribution in [2.24, 2.45) is 5.92 Å². The molecule has 3 N–H and O–H groups in total. The number of carboxylic acids is 1. The first-order chi connectivity index (χ1) is 13.1. The van der Waals surface area contributed by atoms with Crippen LogP contribution in [0.5, 0.6) is 5.75 Å². The van der Waals surface area contributed by atoms with Crippen molar-refractivity contribution in [2.75, 3.05) is 26.3 Å². The van der Waals surface area contributed by atoms with Crippen molar-refractivity contribution in [3.8, 4) is 17.0 Å². The van der Waals surface area contributed by atoms with Crippen LogP contribution in [0.2, 0.25) is 0 Å². The molecule has 0 radical (unpaired) electrons. The minimum Gasteiger partial charge on any atom is -0.482 e. The second kappa shape index (κ2) is 8.94. The summed E-state index contributed by atoms with van der Waals surface area (Å²) in [7, 11) is 0. The Labute approximate surface area is 157 Å². The number of piperidine rings is 1. The largest absolute Gasteiger partial charge is 0.482 e. The molecule has 1 aliphatic heterocycles. The van der Waals surface area contributed by atoms with Crippen molar-refractivity contribution in [1.29, 1.82) is 0 Å². The van der Waals surface area contributed by atoms with E-state index in [1.807, 2.05) is 30.3 Å². The topological polar surface area (TPSA) is 103 Å². The van der Waals surface area contributed by atoms with Crippen molar-refractivity contribution >= 4 is 5.97 Å². The van der Waals surface area contributed by atoms with E-state index in [9.17, 15) is 15.0 Å². The number of ether oxygens (including phenoxy) is 1. The number of nitrogens with zero attached hydrogens (tertiary/aromatic N) is 2. The fourth-order valence-corrected chi connectivity index (χ4v) is 3.32. The standard InChI is InChI=1S/C20H24N2O5/c23-12-15-6-8-22(11-18(15)24)10-16-9-14(17-3-1-2-7-21-17)4-5-19(16)27-13-20(25)26/h1-5,7,9,15,18,23-24H,6,8,10-13H2,(H,25,26)/t15-,18-/m1/s1. The van der Waals surface area contributed by atoms with E-state index in [1.54, 1.807) is 12.3 Å². The summed E-state index contributed by atoms with van der Waals surface area (Å²) in [6.45, 7) is 1.29. The monoisotopic (exact) mass is 372 g/mol. The molecule has 1 fully saturated rings. The van der Waals surface area contributed by atoms with Crippen LogP contribution in [-0.2, 0) is 11.3 Å². The zero-order valence-corrected chi connectivity index (χ0v) is 15.0. The third-order valence-electron chi connectivity index (χ3n) is 4.81. The number of likely N-dealkylation sites (tertiary alicyclic amines) is 1. The molecule has 3 rings (SSSR count). The summed E-state index contributed by atoms with van der Waals surface area (Å²) >= 11 is 0. The lowest BCUT2D eigenvalue weighted by molar-refractivity contribution is -0.139. The van der Waals surface area contributed by atoms with Crippen LogP contribution in [0.3, 0.4) is 0 Å². The number of β-amino-alcohol motifs (C(OH)–C–C–N with tert-alkyl or cyclic N) is 1. The lowest BCUT2D eigenvalue weighted by Gasteiger charge is -2.35. The Kier molecular flexibility index (Phi) is 6.39. The van der Waals surface area contributed by atoms with E-state index in [2.05, 4.69) is 9.88 Å². The summed E-state index contributed by atoms with van der Waals surface area (Å²) in [5.74, 6) is -0.617. The number of aliphatic hydroxyl groups excluding tert-OH is 2. The predicted molar refractivity (Wildman–Crippen MR) is 99.3 cm³/mol. The third-order valence-corrected chi connectivity index (χ3v) is 4.81. The number of pyridine rings is 1. The molecule has 1 saturated heterocycles. The summed E-state index contributed by atoms with van der Waals surface area (Å²) < 4.78 is 5.45. The summed E-state index contributed by atoms with van der Waals surface area (Å²) in [5, 5.41) is 28.4. The van der Waals surface area contributed by atoms with Gasteiger partial charge >= 0.3 is 5.97 Å². The van der Waals surface area contributed by atoms with Gasteiger partial charge in [0.15, 0.2) is 6.61 Å². The molecular weight excluding hydrogens is 348 g/mol. The van der Waals surface area contributed by atoms with Gasteiger partial charge < -0.3 is 20.1 Å². The Morgan fingerprint density at radius 3 is 2.81 bits per heavy atom. The first kappa shape index (κ1) is 19.3. The molecule has 0 bridgehead atoms. The van der Waals surface area contributed by atoms with E-state index in [-0.39, 0.29) is 12.5 Å². The zero-order chi connectivity index (χ0) is 19.2. The highest BCUT2D eigenvalue weighted by molar-refractivity contribution is 5.69. The molecule has 0 amide bonds. The molecule has 2 atom stereocenters. The van der Waals surface area contributed by atoms with Crippen molar-refractivity contribution < 1.29 is 24.9 Å². The van der Waals surface area contributed by atoms with Gasteiger partial charge in [-0.1, -0.05) is 6.07 Å². The second-order valence-corrected chi connectivity index (χ2v) is 6.75. The maximum atomic E-state index is 10.9. The third kappa shape index (κ3) is 5.03. The van der Waals surface area contributed by atoms with Crippen LogP contribution in [0, 0.1) is 5.92 Å². The summed E-state index contributed by atoms with van der Waals surface area (Å²) in [6.07, 6.45) is 1.86. The van der Waals surface area contributed by atoms with Gasteiger partial charge in [0, 0.05) is 42.9 Å². The van der Waals surface area contributed by atoms with Crippen LogP contribution < -0.4 is 4.74 Å². The number of rotatable bonds is 7. The Morgan fingerprint density at radius 1 is 1.30 bits per heavy atom. The van der Waals surface area contributed by atoms with Gasteiger partial charge in [0.2, 0.25) is 0 Å². The molecule has 1 aliphatic rings. The summed E-state index contributed by atoms with van der Waals surface area (Å²) in [4.78, 5) is 17.3. The molecule has 1 aromatic carbocycles. The lowest BCUT2D eigenvalue weighted by Crippen LogP contribution is -2.44. The smallest absolute Gasteiger partial charge is 0.341 e. The van der Waals surface area contributed by atoms with Crippen LogP contribution >= 0.6 is 0 Å². The summed E-state index contributed by atoms with van der Waals surface area (Å²) in [5.41, 5.74) is 2.58. The highest BCUT2D eigenvalue weighted by atomic mass is 16.5. The van der Waals surface area contributed by atoms with Crippen LogP contribution in [0.4, 0.5) is 0 Å². The number of carboxylic acid groups (broad SMARTS) is 1. The van der Waals surface area contributed by atoms with Gasteiger partial charge in [-0.25, -0.2) is 4.79 Å². The molecule has 0 saturated carbocycles. The Bertz CT molecular complexity index is 768. The van der Waals surface area contributed by atoms with Crippen molar-refractivity contribution in [3.63, 3.8) is 0 Å². The summed E-state index contributed by atoms with van der Waals surface area (Å²) in [6, 6.07) is 11.2. The molecule has 0 aliphatic carbocycles. The van der Waals surface area contributed by atoms with Crippen LogP contribution in [0.25, 0.3) is 11.3 Å². The predicted octanol–water partition coefficient (Wildman–Crippen LogP) is 1.39. The number of carbonyl (C=O) groups is 1. The molecule has 144 valence electrons. The molecule has 7 heteroatoms. The maximum absolute atomic E-state index is 10.9. The first-order valence-corrected chi connectivity index (χ1v) is 8.97. The molecule has 2 heterocycles. The number of hydrogen-bond acceptors (Lipinski definition) is 6. The van der Waals surface area contributed by atoms with Crippen molar-refractivity contribution in [1.82, 2.24) is 9.88 Å². The second-order valence-electron chi connectivity index (χ2n) is 6.75. The van der Waals surface area contributed by atoms with E-state index in [0.717, 1.165) is 23.4 Å². The number of aliphatic hydroxyl groups is 2. The SMILES string of the molecule is O=C(O)COc1ccc(-c2ccccn2)cc1CN1CC[C@H](CO)[C@H](O)C1. The average molecular weight is 372 g/mol. The van der Waals surface area contributed by atoms with E-state index in [1.165, 1.54) is 0 Å². The van der Waals surface area contributed by atoms with Crippen molar-refractivity contribution in [3.05, 3.63) is 48.2 Å². The fourth-order valence-electron chi connectivity index (χ4n) is 3.32. The van der Waals surface area contributed by atoms with E-state index < -0.39 is 18.7 Å².